The maximum atomic E-state index is 5.75. The topological polar surface area (TPSA) is 72.9 Å². The van der Waals surface area contributed by atoms with Crippen LogP contribution in [0.4, 0.5) is 0 Å². The summed E-state index contributed by atoms with van der Waals surface area (Å²) in [5.74, 6) is 0.850. The monoisotopic (exact) mass is 230 g/mol. The molecule has 6 nitrogen and oxygen atoms in total. The minimum absolute atomic E-state index is 0.302. The average Bonchev–Trinajstić information content (AvgIpc) is 2.76. The summed E-state index contributed by atoms with van der Waals surface area (Å²) in [6.45, 7) is 2.58. The first-order valence-corrected chi connectivity index (χ1v) is 5.63. The fourth-order valence-corrected chi connectivity index (χ4v) is 2.01. The molecule has 1 aromatic heterocycles. The highest BCUT2D eigenvalue weighted by atomic mass is 15.5. The van der Waals surface area contributed by atoms with Gasteiger partial charge in [0.25, 0.3) is 0 Å². The van der Waals surface area contributed by atoms with Crippen molar-refractivity contribution in [3.63, 3.8) is 0 Å². The fraction of sp³-hybridized carbons (Fsp3) is 0.364. The second-order valence-electron chi connectivity index (χ2n) is 4.30. The van der Waals surface area contributed by atoms with Gasteiger partial charge in [0.05, 0.1) is 12.2 Å². The first-order valence-electron chi connectivity index (χ1n) is 5.63. The number of likely N-dealkylation sites (tertiary alicyclic amines) is 1. The van der Waals surface area contributed by atoms with Gasteiger partial charge in [-0.2, -0.15) is 4.68 Å². The normalized spacial score (nSPS) is 17.0. The van der Waals surface area contributed by atoms with Crippen LogP contribution in [0, 0.1) is 0 Å². The zero-order valence-electron chi connectivity index (χ0n) is 9.40. The van der Waals surface area contributed by atoms with Crippen molar-refractivity contribution in [3.05, 3.63) is 36.2 Å². The third-order valence-corrected chi connectivity index (χ3v) is 2.89. The summed E-state index contributed by atoms with van der Waals surface area (Å²) in [5, 5.41) is 11.8. The molecule has 0 unspecified atom stereocenters. The molecule has 1 saturated heterocycles. The lowest BCUT2D eigenvalue weighted by atomic mass is 10.1. The van der Waals surface area contributed by atoms with Crippen molar-refractivity contribution in [2.24, 2.45) is 5.73 Å². The molecule has 0 aliphatic carbocycles. The second-order valence-corrected chi connectivity index (χ2v) is 4.30. The molecule has 0 saturated carbocycles. The summed E-state index contributed by atoms with van der Waals surface area (Å²) in [7, 11) is 0. The van der Waals surface area contributed by atoms with E-state index in [0.29, 0.717) is 6.04 Å². The molecule has 0 radical (unpaired) electrons. The molecule has 3 rings (SSSR count). The van der Waals surface area contributed by atoms with E-state index in [1.165, 1.54) is 0 Å². The Kier molecular flexibility index (Phi) is 2.58. The van der Waals surface area contributed by atoms with Crippen molar-refractivity contribution in [2.75, 3.05) is 13.1 Å². The maximum Gasteiger partial charge on any atom is 0.170 e. The molecule has 0 spiro atoms. The van der Waals surface area contributed by atoms with E-state index in [9.17, 15) is 0 Å². The van der Waals surface area contributed by atoms with Gasteiger partial charge in [-0.15, -0.1) is 5.10 Å². The van der Waals surface area contributed by atoms with E-state index < -0.39 is 0 Å². The molecular weight excluding hydrogens is 216 g/mol. The lowest BCUT2D eigenvalue weighted by Gasteiger charge is -2.36. The predicted octanol–water partition coefficient (Wildman–Crippen LogP) is -0.195. The van der Waals surface area contributed by atoms with Crippen LogP contribution >= 0.6 is 0 Å². The van der Waals surface area contributed by atoms with Gasteiger partial charge in [-0.3, -0.25) is 4.90 Å². The number of rotatable bonds is 3. The maximum absolute atomic E-state index is 5.75. The Morgan fingerprint density at radius 1 is 1.24 bits per heavy atom. The lowest BCUT2D eigenvalue weighted by molar-refractivity contribution is 0.137. The Morgan fingerprint density at radius 3 is 2.71 bits per heavy atom. The van der Waals surface area contributed by atoms with Gasteiger partial charge in [-0.05, 0) is 22.6 Å². The van der Waals surface area contributed by atoms with Gasteiger partial charge in [0.15, 0.2) is 5.82 Å². The van der Waals surface area contributed by atoms with Crippen molar-refractivity contribution in [1.82, 2.24) is 25.1 Å². The van der Waals surface area contributed by atoms with Crippen molar-refractivity contribution in [3.8, 4) is 5.69 Å². The van der Waals surface area contributed by atoms with E-state index in [1.807, 2.05) is 30.3 Å². The third kappa shape index (κ3) is 2.04. The Hall–Kier alpha value is -1.79. The molecule has 2 aromatic rings. The molecular formula is C11H14N6. The molecule has 1 aliphatic heterocycles. The summed E-state index contributed by atoms with van der Waals surface area (Å²) < 4.78 is 1.77. The summed E-state index contributed by atoms with van der Waals surface area (Å²) in [6, 6.07) is 10.2. The van der Waals surface area contributed by atoms with Gasteiger partial charge in [-0.1, -0.05) is 18.2 Å². The van der Waals surface area contributed by atoms with Gasteiger partial charge >= 0.3 is 0 Å². The number of tetrazole rings is 1. The minimum atomic E-state index is 0.302. The van der Waals surface area contributed by atoms with E-state index in [1.54, 1.807) is 4.68 Å². The molecule has 6 heteroatoms. The Balaban J connectivity index is 1.80. The van der Waals surface area contributed by atoms with Gasteiger partial charge in [0.1, 0.15) is 0 Å². The average molecular weight is 230 g/mol. The number of nitrogens with two attached hydrogens (primary N) is 1. The third-order valence-electron chi connectivity index (χ3n) is 2.89. The molecule has 0 atom stereocenters. The SMILES string of the molecule is NC1CN(Cc2nnnn2-c2ccccc2)C1. The van der Waals surface area contributed by atoms with Crippen LogP contribution in [-0.4, -0.2) is 44.2 Å². The van der Waals surface area contributed by atoms with Crippen molar-refractivity contribution >= 4 is 0 Å². The lowest BCUT2D eigenvalue weighted by Crippen LogP contribution is -2.55. The minimum Gasteiger partial charge on any atom is -0.325 e. The molecule has 0 bridgehead atoms. The molecule has 1 aliphatic rings. The molecule has 0 amide bonds. The van der Waals surface area contributed by atoms with Gasteiger partial charge in [0, 0.05) is 19.1 Å². The molecule has 2 N–H and O–H groups in total. The van der Waals surface area contributed by atoms with Crippen LogP contribution in [0.1, 0.15) is 5.82 Å². The number of para-hydroxylation sites is 1. The molecule has 2 heterocycles. The molecule has 1 aromatic carbocycles. The van der Waals surface area contributed by atoms with Crippen LogP contribution in [0.5, 0.6) is 0 Å². The summed E-state index contributed by atoms with van der Waals surface area (Å²) >= 11 is 0. The van der Waals surface area contributed by atoms with Crippen LogP contribution < -0.4 is 5.73 Å². The van der Waals surface area contributed by atoms with Crippen LogP contribution in [0.25, 0.3) is 5.69 Å². The summed E-state index contributed by atoms with van der Waals surface area (Å²) in [5.41, 5.74) is 6.73. The zero-order chi connectivity index (χ0) is 11.7. The van der Waals surface area contributed by atoms with Crippen molar-refractivity contribution in [2.45, 2.75) is 12.6 Å². The smallest absolute Gasteiger partial charge is 0.170 e. The van der Waals surface area contributed by atoms with E-state index in [2.05, 4.69) is 20.4 Å². The van der Waals surface area contributed by atoms with Crippen LogP contribution in [0.2, 0.25) is 0 Å². The molecule has 17 heavy (non-hydrogen) atoms. The van der Waals surface area contributed by atoms with Gasteiger partial charge in [0.2, 0.25) is 0 Å². The number of benzene rings is 1. The first-order chi connectivity index (χ1) is 8.33. The summed E-state index contributed by atoms with van der Waals surface area (Å²) in [4.78, 5) is 2.23. The predicted molar refractivity (Wildman–Crippen MR) is 62.4 cm³/mol. The summed E-state index contributed by atoms with van der Waals surface area (Å²) in [6.07, 6.45) is 0. The standard InChI is InChI=1S/C11H14N6/c12-9-6-16(7-9)8-11-13-14-15-17(11)10-4-2-1-3-5-10/h1-5,9H,6-8,12H2. The highest BCUT2D eigenvalue weighted by Crippen LogP contribution is 2.12. The Bertz CT molecular complexity index is 488. The second kappa shape index (κ2) is 4.23. The van der Waals surface area contributed by atoms with E-state index >= 15 is 0 Å². The number of hydrogen-bond donors (Lipinski definition) is 1. The number of nitrogens with zero attached hydrogens (tertiary/aromatic N) is 5. The Labute approximate surface area is 99.0 Å². The fourth-order valence-electron chi connectivity index (χ4n) is 2.01. The highest BCUT2D eigenvalue weighted by molar-refractivity contribution is 5.30. The molecule has 88 valence electrons. The van der Waals surface area contributed by atoms with Crippen molar-refractivity contribution in [1.29, 1.82) is 0 Å². The number of aromatic nitrogens is 4. The van der Waals surface area contributed by atoms with Crippen LogP contribution in [-0.2, 0) is 6.54 Å². The number of hydrogen-bond acceptors (Lipinski definition) is 5. The van der Waals surface area contributed by atoms with Crippen LogP contribution in [0.15, 0.2) is 30.3 Å². The van der Waals surface area contributed by atoms with Crippen molar-refractivity contribution < 1.29 is 0 Å². The largest absolute Gasteiger partial charge is 0.325 e. The van der Waals surface area contributed by atoms with Gasteiger partial charge in [-0.25, -0.2) is 0 Å². The Morgan fingerprint density at radius 2 is 2.00 bits per heavy atom. The van der Waals surface area contributed by atoms with E-state index in [4.69, 9.17) is 5.73 Å². The first kappa shape index (κ1) is 10.4. The van der Waals surface area contributed by atoms with Gasteiger partial charge < -0.3 is 5.73 Å². The van der Waals surface area contributed by atoms with E-state index in [0.717, 1.165) is 31.1 Å². The van der Waals surface area contributed by atoms with E-state index in [-0.39, 0.29) is 0 Å². The molecule has 1 fully saturated rings. The van der Waals surface area contributed by atoms with Crippen LogP contribution in [0.3, 0.4) is 0 Å². The zero-order valence-corrected chi connectivity index (χ0v) is 9.40. The quantitative estimate of drug-likeness (QED) is 0.791. The highest BCUT2D eigenvalue weighted by Gasteiger charge is 2.24.